The van der Waals surface area contributed by atoms with Gasteiger partial charge in [-0.1, -0.05) is 36.4 Å². The van der Waals surface area contributed by atoms with Crippen molar-refractivity contribution in [3.63, 3.8) is 0 Å². The van der Waals surface area contributed by atoms with E-state index in [9.17, 15) is 0 Å². The second-order valence-electron chi connectivity index (χ2n) is 6.94. The van der Waals surface area contributed by atoms with Crippen molar-refractivity contribution in [2.45, 2.75) is 20.0 Å². The summed E-state index contributed by atoms with van der Waals surface area (Å²) in [6, 6.07) is 14.0. The fraction of sp³-hybridized carbons (Fsp3) is 0.348. The summed E-state index contributed by atoms with van der Waals surface area (Å²) < 4.78 is 10.8. The van der Waals surface area contributed by atoms with Gasteiger partial charge in [0.1, 0.15) is 12.4 Å². The standard InChI is InChI=1S/C23H30N6O2.HI/c1-4-24-23(27-15-19-11-8-12-25-22(19)31-14-13-30-3)29(2)17-21-26-16-20(28-21)18-9-6-5-7-10-18;/h5-12,16H,4,13-15,17H2,1-3H3,(H,24,27)(H,26,28);1H. The van der Waals surface area contributed by atoms with Gasteiger partial charge < -0.3 is 24.7 Å². The second-order valence-corrected chi connectivity index (χ2v) is 6.94. The largest absolute Gasteiger partial charge is 0.475 e. The van der Waals surface area contributed by atoms with Gasteiger partial charge in [-0.05, 0) is 18.6 Å². The Morgan fingerprint density at radius 1 is 1.12 bits per heavy atom. The predicted molar refractivity (Wildman–Crippen MR) is 137 cm³/mol. The second kappa shape index (κ2) is 13.7. The average molecular weight is 550 g/mol. The number of ether oxygens (including phenoxy) is 2. The fourth-order valence-corrected chi connectivity index (χ4v) is 3.03. The van der Waals surface area contributed by atoms with Crippen molar-refractivity contribution in [1.82, 2.24) is 25.2 Å². The Hall–Kier alpha value is -2.66. The van der Waals surface area contributed by atoms with Crippen molar-refractivity contribution < 1.29 is 9.47 Å². The molecule has 3 aromatic rings. The van der Waals surface area contributed by atoms with E-state index in [4.69, 9.17) is 14.5 Å². The zero-order chi connectivity index (χ0) is 21.9. The molecule has 0 aliphatic heterocycles. The molecule has 0 saturated heterocycles. The molecule has 0 fully saturated rings. The number of benzene rings is 1. The summed E-state index contributed by atoms with van der Waals surface area (Å²) in [6.07, 6.45) is 3.58. The van der Waals surface area contributed by atoms with Crippen LogP contribution in [0, 0.1) is 0 Å². The molecule has 9 heteroatoms. The number of halogens is 1. The van der Waals surface area contributed by atoms with E-state index >= 15 is 0 Å². The van der Waals surface area contributed by atoms with E-state index < -0.39 is 0 Å². The summed E-state index contributed by atoms with van der Waals surface area (Å²) >= 11 is 0. The summed E-state index contributed by atoms with van der Waals surface area (Å²) in [4.78, 5) is 19.1. The highest BCUT2D eigenvalue weighted by molar-refractivity contribution is 14.0. The van der Waals surface area contributed by atoms with Crippen LogP contribution >= 0.6 is 24.0 Å². The van der Waals surface area contributed by atoms with Crippen LogP contribution in [0.3, 0.4) is 0 Å². The van der Waals surface area contributed by atoms with Gasteiger partial charge in [0, 0.05) is 32.5 Å². The number of aromatic nitrogens is 3. The van der Waals surface area contributed by atoms with Gasteiger partial charge in [-0.15, -0.1) is 24.0 Å². The highest BCUT2D eigenvalue weighted by atomic mass is 127. The SMILES string of the molecule is CCNC(=NCc1cccnc1OCCOC)N(C)Cc1ncc(-c2ccccc2)[nH]1.I. The number of hydrogen-bond donors (Lipinski definition) is 2. The molecule has 0 spiro atoms. The molecule has 2 aromatic heterocycles. The summed E-state index contributed by atoms with van der Waals surface area (Å²) in [5, 5.41) is 3.34. The lowest BCUT2D eigenvalue weighted by Crippen LogP contribution is -2.38. The van der Waals surface area contributed by atoms with E-state index in [1.807, 2.05) is 55.4 Å². The fourth-order valence-electron chi connectivity index (χ4n) is 3.03. The highest BCUT2D eigenvalue weighted by Gasteiger charge is 2.11. The molecule has 3 rings (SSSR count). The first-order valence-corrected chi connectivity index (χ1v) is 10.4. The number of guanidine groups is 1. The Morgan fingerprint density at radius 2 is 1.94 bits per heavy atom. The van der Waals surface area contributed by atoms with Gasteiger partial charge in [0.05, 0.1) is 31.6 Å². The third-order valence-electron chi connectivity index (χ3n) is 4.57. The molecule has 8 nitrogen and oxygen atoms in total. The van der Waals surface area contributed by atoms with Gasteiger partial charge in [-0.3, -0.25) is 0 Å². The third-order valence-corrected chi connectivity index (χ3v) is 4.57. The van der Waals surface area contributed by atoms with Crippen LogP contribution in [-0.2, 0) is 17.8 Å². The Balaban J connectivity index is 0.00000363. The van der Waals surface area contributed by atoms with Gasteiger partial charge in [-0.2, -0.15) is 0 Å². The van der Waals surface area contributed by atoms with E-state index in [2.05, 4.69) is 32.4 Å². The van der Waals surface area contributed by atoms with Crippen LogP contribution in [0.1, 0.15) is 18.3 Å². The number of rotatable bonds is 10. The first-order chi connectivity index (χ1) is 15.2. The van der Waals surface area contributed by atoms with Crippen molar-refractivity contribution in [3.8, 4) is 17.1 Å². The van der Waals surface area contributed by atoms with Crippen LogP contribution in [0.4, 0.5) is 0 Å². The lowest BCUT2D eigenvalue weighted by atomic mass is 10.2. The van der Waals surface area contributed by atoms with Gasteiger partial charge in [0.2, 0.25) is 5.88 Å². The summed E-state index contributed by atoms with van der Waals surface area (Å²) in [7, 11) is 3.64. The van der Waals surface area contributed by atoms with Crippen LogP contribution < -0.4 is 10.1 Å². The van der Waals surface area contributed by atoms with E-state index in [-0.39, 0.29) is 24.0 Å². The van der Waals surface area contributed by atoms with Crippen molar-refractivity contribution in [3.05, 3.63) is 66.2 Å². The Bertz CT molecular complexity index is 964. The minimum Gasteiger partial charge on any atom is -0.475 e. The number of aromatic amines is 1. The zero-order valence-electron chi connectivity index (χ0n) is 18.7. The molecule has 0 amide bonds. The minimum atomic E-state index is 0. The quantitative estimate of drug-likeness (QED) is 0.173. The van der Waals surface area contributed by atoms with Crippen LogP contribution in [0.5, 0.6) is 5.88 Å². The van der Waals surface area contributed by atoms with Crippen molar-refractivity contribution >= 4 is 29.9 Å². The van der Waals surface area contributed by atoms with Crippen LogP contribution in [-0.4, -0.2) is 59.7 Å². The van der Waals surface area contributed by atoms with E-state index in [1.54, 1.807) is 13.3 Å². The number of hydrogen-bond acceptors (Lipinski definition) is 5. The Kier molecular flexibility index (Phi) is 10.9. The van der Waals surface area contributed by atoms with Crippen LogP contribution in [0.15, 0.2) is 59.9 Å². The number of nitrogens with zero attached hydrogens (tertiary/aromatic N) is 4. The maximum absolute atomic E-state index is 5.72. The predicted octanol–water partition coefficient (Wildman–Crippen LogP) is 3.71. The molecule has 172 valence electrons. The minimum absolute atomic E-state index is 0. The molecule has 1 aromatic carbocycles. The smallest absolute Gasteiger partial charge is 0.218 e. The molecule has 0 atom stereocenters. The average Bonchev–Trinajstić information content (AvgIpc) is 3.26. The van der Waals surface area contributed by atoms with Crippen molar-refractivity contribution in [1.29, 1.82) is 0 Å². The Morgan fingerprint density at radius 3 is 2.69 bits per heavy atom. The molecule has 2 heterocycles. The summed E-state index contributed by atoms with van der Waals surface area (Å²) in [6.45, 7) is 4.83. The van der Waals surface area contributed by atoms with E-state index in [0.717, 1.165) is 35.1 Å². The monoisotopic (exact) mass is 550 g/mol. The van der Waals surface area contributed by atoms with E-state index in [1.165, 1.54) is 0 Å². The lowest BCUT2D eigenvalue weighted by Gasteiger charge is -2.21. The summed E-state index contributed by atoms with van der Waals surface area (Å²) in [5.74, 6) is 2.24. The molecule has 2 N–H and O–H groups in total. The normalized spacial score (nSPS) is 11.0. The number of aliphatic imine (C=N–C) groups is 1. The van der Waals surface area contributed by atoms with Crippen molar-refractivity contribution in [2.24, 2.45) is 4.99 Å². The molecular weight excluding hydrogens is 519 g/mol. The van der Waals surface area contributed by atoms with Crippen molar-refractivity contribution in [2.75, 3.05) is 33.9 Å². The van der Waals surface area contributed by atoms with Crippen LogP contribution in [0.2, 0.25) is 0 Å². The molecule has 0 saturated carbocycles. The first-order valence-electron chi connectivity index (χ1n) is 10.4. The molecule has 0 radical (unpaired) electrons. The van der Waals surface area contributed by atoms with Gasteiger partial charge in [0.25, 0.3) is 0 Å². The number of imidazole rings is 1. The third kappa shape index (κ3) is 7.49. The Labute approximate surface area is 206 Å². The van der Waals surface area contributed by atoms with Gasteiger partial charge in [-0.25, -0.2) is 15.0 Å². The maximum Gasteiger partial charge on any atom is 0.218 e. The van der Waals surface area contributed by atoms with Crippen LogP contribution in [0.25, 0.3) is 11.3 Å². The molecule has 0 aliphatic carbocycles. The number of H-pyrrole nitrogens is 1. The van der Waals surface area contributed by atoms with Gasteiger partial charge >= 0.3 is 0 Å². The number of nitrogens with one attached hydrogen (secondary N) is 2. The summed E-state index contributed by atoms with van der Waals surface area (Å²) in [5.41, 5.74) is 3.04. The number of pyridine rings is 1. The van der Waals surface area contributed by atoms with Gasteiger partial charge in [0.15, 0.2) is 5.96 Å². The highest BCUT2D eigenvalue weighted by Crippen LogP contribution is 2.17. The lowest BCUT2D eigenvalue weighted by molar-refractivity contribution is 0.143. The topological polar surface area (TPSA) is 87.7 Å². The first kappa shape index (κ1) is 25.6. The maximum atomic E-state index is 5.72. The molecule has 0 aliphatic rings. The molecule has 0 bridgehead atoms. The molecule has 32 heavy (non-hydrogen) atoms. The van der Waals surface area contributed by atoms with E-state index in [0.29, 0.717) is 32.2 Å². The number of methoxy groups -OCH3 is 1. The molecule has 0 unspecified atom stereocenters. The molecular formula is C23H31IN6O2. The zero-order valence-corrected chi connectivity index (χ0v) is 21.1.